The SMILES string of the molecule is C=CC(=O)OCC(COC(=O)C=C)(COC(=O)CCCCCCCCCCCCC)COC(=O)CCCCCCCCCCCCC. The summed E-state index contributed by atoms with van der Waals surface area (Å²) in [6.07, 6.45) is 28.4. The molecule has 0 unspecified atom stereocenters. The maximum atomic E-state index is 12.6. The Hall–Kier alpha value is -2.64. The number of carbonyl (C=O) groups is 4. The average Bonchev–Trinajstić information content (AvgIpc) is 3.08. The molecule has 8 heteroatoms. The lowest BCUT2D eigenvalue weighted by Crippen LogP contribution is -2.43. The van der Waals surface area contributed by atoms with Crippen molar-refractivity contribution >= 4 is 23.9 Å². The Kier molecular flexibility index (Phi) is 30.1. The van der Waals surface area contributed by atoms with Gasteiger partial charge in [-0.15, -0.1) is 0 Å². The van der Waals surface area contributed by atoms with E-state index in [0.29, 0.717) is 12.8 Å². The van der Waals surface area contributed by atoms with Crippen LogP contribution in [0.4, 0.5) is 0 Å². The molecule has 0 aromatic rings. The minimum absolute atomic E-state index is 0.246. The molecular formula is C39H68O8. The lowest BCUT2D eigenvalue weighted by molar-refractivity contribution is -0.167. The molecular weight excluding hydrogens is 596 g/mol. The number of unbranched alkanes of at least 4 members (excludes halogenated alkanes) is 20. The molecule has 0 N–H and O–H groups in total. The molecule has 0 bridgehead atoms. The van der Waals surface area contributed by atoms with E-state index >= 15 is 0 Å². The van der Waals surface area contributed by atoms with Gasteiger partial charge in [0.15, 0.2) is 0 Å². The van der Waals surface area contributed by atoms with Gasteiger partial charge in [0, 0.05) is 25.0 Å². The highest BCUT2D eigenvalue weighted by Gasteiger charge is 2.37. The van der Waals surface area contributed by atoms with Gasteiger partial charge in [0.25, 0.3) is 0 Å². The molecule has 0 saturated carbocycles. The first-order valence-electron chi connectivity index (χ1n) is 18.7. The molecule has 0 atom stereocenters. The Morgan fingerprint density at radius 1 is 0.426 bits per heavy atom. The fourth-order valence-corrected chi connectivity index (χ4v) is 5.29. The van der Waals surface area contributed by atoms with Crippen LogP contribution in [0.15, 0.2) is 25.3 Å². The standard InChI is InChI=1S/C39H68O8/c1-5-9-11-13-15-17-19-21-23-25-27-29-37(42)46-33-39(31-44-35(40)7-3,32-45-36(41)8-4)34-47-38(43)30-28-26-24-22-20-18-16-14-12-10-6-2/h7-8H,3-6,9-34H2,1-2H3. The van der Waals surface area contributed by atoms with E-state index in [-0.39, 0.29) is 39.3 Å². The highest BCUT2D eigenvalue weighted by atomic mass is 16.6. The molecule has 0 aromatic carbocycles. The Labute approximate surface area is 286 Å². The van der Waals surface area contributed by atoms with Gasteiger partial charge < -0.3 is 18.9 Å². The van der Waals surface area contributed by atoms with E-state index in [0.717, 1.165) is 37.8 Å². The zero-order valence-electron chi connectivity index (χ0n) is 30.1. The van der Waals surface area contributed by atoms with Crippen LogP contribution in [0.3, 0.4) is 0 Å². The summed E-state index contributed by atoms with van der Waals surface area (Å²) in [5.74, 6) is -2.18. The molecule has 0 radical (unpaired) electrons. The van der Waals surface area contributed by atoms with Crippen LogP contribution in [0.1, 0.15) is 168 Å². The van der Waals surface area contributed by atoms with Crippen molar-refractivity contribution in [3.05, 3.63) is 25.3 Å². The van der Waals surface area contributed by atoms with Crippen molar-refractivity contribution in [2.24, 2.45) is 5.41 Å². The van der Waals surface area contributed by atoms with Crippen molar-refractivity contribution in [1.29, 1.82) is 0 Å². The summed E-state index contributed by atoms with van der Waals surface area (Å²) in [5, 5.41) is 0. The lowest BCUT2D eigenvalue weighted by atomic mass is 9.92. The summed E-state index contributed by atoms with van der Waals surface area (Å²) in [5.41, 5.74) is -1.27. The zero-order chi connectivity index (χ0) is 34.9. The molecule has 0 saturated heterocycles. The summed E-state index contributed by atoms with van der Waals surface area (Å²) in [6, 6.07) is 0. The topological polar surface area (TPSA) is 105 Å². The first kappa shape index (κ1) is 44.4. The third kappa shape index (κ3) is 28.1. The third-order valence-corrected chi connectivity index (χ3v) is 8.42. The number of rotatable bonds is 34. The summed E-state index contributed by atoms with van der Waals surface area (Å²) in [6.45, 7) is 10.2. The van der Waals surface area contributed by atoms with Gasteiger partial charge in [-0.05, 0) is 12.8 Å². The highest BCUT2D eigenvalue weighted by molar-refractivity contribution is 5.81. The second-order valence-electron chi connectivity index (χ2n) is 13.0. The Balaban J connectivity index is 4.74. The van der Waals surface area contributed by atoms with Gasteiger partial charge >= 0.3 is 23.9 Å². The molecule has 0 aliphatic heterocycles. The monoisotopic (exact) mass is 664 g/mol. The first-order valence-corrected chi connectivity index (χ1v) is 18.7. The molecule has 0 aliphatic carbocycles. The van der Waals surface area contributed by atoms with Gasteiger partial charge in [0.2, 0.25) is 0 Å². The van der Waals surface area contributed by atoms with E-state index < -0.39 is 29.3 Å². The number of carbonyl (C=O) groups excluding carboxylic acids is 4. The Bertz CT molecular complexity index is 769. The van der Waals surface area contributed by atoms with Gasteiger partial charge in [-0.25, -0.2) is 9.59 Å². The smallest absolute Gasteiger partial charge is 0.330 e. The highest BCUT2D eigenvalue weighted by Crippen LogP contribution is 2.23. The van der Waals surface area contributed by atoms with Gasteiger partial charge in [-0.2, -0.15) is 0 Å². The predicted molar refractivity (Wildman–Crippen MR) is 189 cm³/mol. The zero-order valence-corrected chi connectivity index (χ0v) is 30.1. The number of hydrogen-bond donors (Lipinski definition) is 0. The summed E-state index contributed by atoms with van der Waals surface area (Å²) in [7, 11) is 0. The lowest BCUT2D eigenvalue weighted by Gasteiger charge is -2.31. The molecule has 0 rings (SSSR count). The van der Waals surface area contributed by atoms with Crippen molar-refractivity contribution < 1.29 is 38.1 Å². The second-order valence-corrected chi connectivity index (χ2v) is 13.0. The number of hydrogen-bond acceptors (Lipinski definition) is 8. The molecule has 8 nitrogen and oxygen atoms in total. The van der Waals surface area contributed by atoms with Crippen LogP contribution in [-0.4, -0.2) is 50.3 Å². The van der Waals surface area contributed by atoms with Gasteiger partial charge in [-0.1, -0.05) is 155 Å². The van der Waals surface area contributed by atoms with Gasteiger partial charge in [0.1, 0.15) is 31.8 Å². The predicted octanol–water partition coefficient (Wildman–Crippen LogP) is 9.92. The second kappa shape index (κ2) is 31.9. The van der Waals surface area contributed by atoms with E-state index in [4.69, 9.17) is 18.9 Å². The van der Waals surface area contributed by atoms with E-state index in [2.05, 4.69) is 27.0 Å². The number of ether oxygens (including phenoxy) is 4. The van der Waals surface area contributed by atoms with Crippen LogP contribution in [0.2, 0.25) is 0 Å². The van der Waals surface area contributed by atoms with Crippen molar-refractivity contribution in [1.82, 2.24) is 0 Å². The van der Waals surface area contributed by atoms with Gasteiger partial charge in [0.05, 0.1) is 0 Å². The number of esters is 4. The fraction of sp³-hybridized carbons (Fsp3) is 0.795. The minimum Gasteiger partial charge on any atom is -0.465 e. The fourth-order valence-electron chi connectivity index (χ4n) is 5.29. The summed E-state index contributed by atoms with van der Waals surface area (Å²) >= 11 is 0. The van der Waals surface area contributed by atoms with Crippen LogP contribution in [0.25, 0.3) is 0 Å². The van der Waals surface area contributed by atoms with Crippen molar-refractivity contribution in [2.45, 2.75) is 168 Å². The first-order chi connectivity index (χ1) is 22.8. The summed E-state index contributed by atoms with van der Waals surface area (Å²) < 4.78 is 21.7. The van der Waals surface area contributed by atoms with Crippen LogP contribution < -0.4 is 0 Å². The molecule has 0 amide bonds. The van der Waals surface area contributed by atoms with E-state index in [1.807, 2.05) is 0 Å². The van der Waals surface area contributed by atoms with E-state index in [1.165, 1.54) is 103 Å². The maximum absolute atomic E-state index is 12.6. The molecule has 0 aliphatic rings. The van der Waals surface area contributed by atoms with Crippen LogP contribution in [0.5, 0.6) is 0 Å². The minimum atomic E-state index is -1.27. The average molecular weight is 665 g/mol. The van der Waals surface area contributed by atoms with Crippen LogP contribution in [-0.2, 0) is 38.1 Å². The molecule has 272 valence electrons. The molecule has 47 heavy (non-hydrogen) atoms. The molecule has 0 fully saturated rings. The molecule has 0 heterocycles. The Morgan fingerprint density at radius 3 is 0.957 bits per heavy atom. The normalized spacial score (nSPS) is 11.1. The largest absolute Gasteiger partial charge is 0.465 e. The quantitative estimate of drug-likeness (QED) is 0.0290. The van der Waals surface area contributed by atoms with E-state index in [1.54, 1.807) is 0 Å². The third-order valence-electron chi connectivity index (χ3n) is 8.42. The van der Waals surface area contributed by atoms with Crippen molar-refractivity contribution in [3.63, 3.8) is 0 Å². The van der Waals surface area contributed by atoms with Crippen LogP contribution in [0, 0.1) is 5.41 Å². The van der Waals surface area contributed by atoms with E-state index in [9.17, 15) is 19.2 Å². The molecule has 0 spiro atoms. The molecule has 0 aromatic heterocycles. The van der Waals surface area contributed by atoms with Crippen LogP contribution >= 0.6 is 0 Å². The van der Waals surface area contributed by atoms with Crippen molar-refractivity contribution in [2.75, 3.05) is 26.4 Å². The van der Waals surface area contributed by atoms with Crippen molar-refractivity contribution in [3.8, 4) is 0 Å². The Morgan fingerprint density at radius 2 is 0.681 bits per heavy atom. The van der Waals surface area contributed by atoms with Gasteiger partial charge in [-0.3, -0.25) is 9.59 Å². The summed E-state index contributed by atoms with van der Waals surface area (Å²) in [4.78, 5) is 49.1. The maximum Gasteiger partial charge on any atom is 0.330 e.